The van der Waals surface area contributed by atoms with Crippen LogP contribution in [0.5, 0.6) is 5.75 Å². The molecular weight excluding hydrogens is 309 g/mol. The van der Waals surface area contributed by atoms with Crippen LogP contribution in [0.4, 0.5) is 30.4 Å². The van der Waals surface area contributed by atoms with Crippen molar-refractivity contribution in [1.82, 2.24) is 0 Å². The first-order valence-corrected chi connectivity index (χ1v) is 6.55. The lowest BCUT2D eigenvalue weighted by atomic mass is 10.2. The molecule has 120 valence electrons. The van der Waals surface area contributed by atoms with Crippen molar-refractivity contribution < 1.29 is 22.9 Å². The van der Waals surface area contributed by atoms with Crippen molar-refractivity contribution in [3.8, 4) is 11.8 Å². The fourth-order valence-corrected chi connectivity index (χ4v) is 1.96. The zero-order valence-electron chi connectivity index (χ0n) is 12.4. The molecule has 0 aliphatic carbocycles. The first-order chi connectivity index (χ1) is 10.8. The Kier molecular flexibility index (Phi) is 4.60. The van der Waals surface area contributed by atoms with Gasteiger partial charge in [0.15, 0.2) is 5.56 Å². The lowest BCUT2D eigenvalue weighted by Crippen LogP contribution is -2.18. The molecule has 23 heavy (non-hydrogen) atoms. The van der Waals surface area contributed by atoms with Gasteiger partial charge in [0.2, 0.25) is 0 Å². The highest BCUT2D eigenvalue weighted by Crippen LogP contribution is 2.27. The topological polar surface area (TPSA) is 62.4 Å². The molecule has 5 nitrogen and oxygen atoms in total. The molecule has 0 aliphatic rings. The molecule has 0 spiro atoms. The van der Waals surface area contributed by atoms with Gasteiger partial charge in [-0.1, -0.05) is 0 Å². The van der Waals surface area contributed by atoms with Crippen molar-refractivity contribution in [3.63, 3.8) is 0 Å². The van der Waals surface area contributed by atoms with Crippen LogP contribution in [-0.4, -0.2) is 20.5 Å². The Morgan fingerprint density at radius 3 is 2.35 bits per heavy atom. The van der Waals surface area contributed by atoms with E-state index in [1.165, 1.54) is 24.3 Å². The van der Waals surface area contributed by atoms with Crippen LogP contribution in [0.3, 0.4) is 0 Å². The van der Waals surface area contributed by atoms with Crippen LogP contribution in [-0.2, 0) is 0 Å². The molecule has 0 saturated carbocycles. The number of aromatic amines is 1. The van der Waals surface area contributed by atoms with E-state index < -0.39 is 6.36 Å². The minimum Gasteiger partial charge on any atom is -0.406 e. The van der Waals surface area contributed by atoms with Gasteiger partial charge in [-0.2, -0.15) is 5.26 Å². The lowest BCUT2D eigenvalue weighted by Gasteiger charge is -2.13. The summed E-state index contributed by atoms with van der Waals surface area (Å²) in [7, 11) is 3.62. The fourth-order valence-electron chi connectivity index (χ4n) is 1.96. The van der Waals surface area contributed by atoms with Gasteiger partial charge in [-0.25, -0.2) is 10.3 Å². The van der Waals surface area contributed by atoms with E-state index in [4.69, 9.17) is 0 Å². The maximum absolute atomic E-state index is 12.1. The van der Waals surface area contributed by atoms with E-state index in [0.29, 0.717) is 22.8 Å². The maximum atomic E-state index is 12.1. The molecule has 0 radical (unpaired) electrons. The van der Waals surface area contributed by atoms with Crippen molar-refractivity contribution in [2.45, 2.75) is 6.36 Å². The van der Waals surface area contributed by atoms with Gasteiger partial charge in [0.05, 0.1) is 11.9 Å². The lowest BCUT2D eigenvalue weighted by molar-refractivity contribution is -0.360. The van der Waals surface area contributed by atoms with E-state index in [9.17, 15) is 18.4 Å². The maximum Gasteiger partial charge on any atom is 0.573 e. The fraction of sp³-hybridized carbons (Fsp3) is 0.200. The average Bonchev–Trinajstić information content (AvgIpc) is 2.47. The molecule has 2 N–H and O–H groups in total. The smallest absolute Gasteiger partial charge is 0.406 e. The van der Waals surface area contributed by atoms with Crippen molar-refractivity contribution in [2.24, 2.45) is 0 Å². The number of anilines is 3. The van der Waals surface area contributed by atoms with Crippen molar-refractivity contribution in [3.05, 3.63) is 42.1 Å². The first-order valence-electron chi connectivity index (χ1n) is 6.55. The van der Waals surface area contributed by atoms with Gasteiger partial charge in [-0.3, -0.25) is 0 Å². The minimum absolute atomic E-state index is 0.311. The number of benzene rings is 1. The van der Waals surface area contributed by atoms with Crippen LogP contribution in [0.2, 0.25) is 0 Å². The average molecular weight is 323 g/mol. The summed E-state index contributed by atoms with van der Waals surface area (Å²) in [5, 5.41) is 12.3. The molecule has 2 aromatic rings. The molecule has 0 amide bonds. The normalized spacial score (nSPS) is 10.8. The number of halogens is 3. The molecule has 1 aromatic heterocycles. The van der Waals surface area contributed by atoms with Crippen LogP contribution >= 0.6 is 0 Å². The zero-order valence-corrected chi connectivity index (χ0v) is 12.4. The summed E-state index contributed by atoms with van der Waals surface area (Å²) in [6, 6.07) is 9.10. The Morgan fingerprint density at radius 1 is 1.17 bits per heavy atom. The largest absolute Gasteiger partial charge is 0.573 e. The third-order valence-corrected chi connectivity index (χ3v) is 2.93. The standard InChI is InChI=1S/C15H13F3N4O/c1-22(2)13-7-8-20-14(12(13)9-19)21-10-3-5-11(6-4-10)23-15(16,17)18/h3-8H,1-2H3,(H,20,21)/p+1. The molecule has 8 heteroatoms. The second-order valence-corrected chi connectivity index (χ2v) is 4.82. The number of nitrogens with one attached hydrogen (secondary N) is 2. The highest BCUT2D eigenvalue weighted by molar-refractivity contribution is 5.70. The van der Waals surface area contributed by atoms with E-state index in [-0.39, 0.29) is 5.75 Å². The Labute approximate surface area is 130 Å². The van der Waals surface area contributed by atoms with Crippen molar-refractivity contribution in [2.75, 3.05) is 24.3 Å². The van der Waals surface area contributed by atoms with Crippen molar-refractivity contribution >= 4 is 17.2 Å². The van der Waals surface area contributed by atoms with Gasteiger partial charge < -0.3 is 9.64 Å². The number of nitrogens with zero attached hydrogens (tertiary/aromatic N) is 2. The predicted molar refractivity (Wildman–Crippen MR) is 78.4 cm³/mol. The number of pyridine rings is 1. The summed E-state index contributed by atoms with van der Waals surface area (Å²) >= 11 is 0. The number of aromatic nitrogens is 1. The second kappa shape index (κ2) is 6.44. The SMILES string of the molecule is CN(C)c1cc[nH+]c(Nc2ccc(OC(F)(F)F)cc2)c1C#N. The monoisotopic (exact) mass is 323 g/mol. The first kappa shape index (κ1) is 16.4. The van der Waals surface area contributed by atoms with Crippen LogP contribution in [0.1, 0.15) is 5.56 Å². The third kappa shape index (κ3) is 4.26. The van der Waals surface area contributed by atoms with Crippen LogP contribution < -0.4 is 19.9 Å². The summed E-state index contributed by atoms with van der Waals surface area (Å²) in [5.41, 5.74) is 1.63. The Bertz CT molecular complexity index is 721. The molecule has 0 atom stereocenters. The summed E-state index contributed by atoms with van der Waals surface area (Å²) in [5.74, 6) is 0.137. The number of rotatable bonds is 4. The molecule has 0 saturated heterocycles. The Balaban J connectivity index is 2.23. The Hall–Kier alpha value is -2.95. The summed E-state index contributed by atoms with van der Waals surface area (Å²) < 4.78 is 40.2. The summed E-state index contributed by atoms with van der Waals surface area (Å²) in [6.07, 6.45) is -3.06. The van der Waals surface area contributed by atoms with E-state index in [1.54, 1.807) is 17.2 Å². The molecule has 0 bridgehead atoms. The number of alkyl halides is 3. The highest BCUT2D eigenvalue weighted by atomic mass is 19.4. The van der Waals surface area contributed by atoms with Gasteiger partial charge in [-0.05, 0) is 24.3 Å². The van der Waals surface area contributed by atoms with Crippen LogP contribution in [0.15, 0.2) is 36.5 Å². The van der Waals surface area contributed by atoms with E-state index >= 15 is 0 Å². The predicted octanol–water partition coefficient (Wildman–Crippen LogP) is 3.08. The van der Waals surface area contributed by atoms with Gasteiger partial charge in [0, 0.05) is 20.2 Å². The molecular formula is C15H14F3N4O+. The molecule has 2 rings (SSSR count). The van der Waals surface area contributed by atoms with Gasteiger partial charge in [0.1, 0.15) is 17.5 Å². The van der Waals surface area contributed by atoms with Gasteiger partial charge in [-0.15, -0.1) is 13.2 Å². The van der Waals surface area contributed by atoms with Crippen LogP contribution in [0.25, 0.3) is 0 Å². The van der Waals surface area contributed by atoms with Crippen LogP contribution in [0, 0.1) is 11.3 Å². The number of ether oxygens (including phenoxy) is 1. The molecule has 0 aliphatic heterocycles. The number of H-pyrrole nitrogens is 1. The molecule has 1 heterocycles. The van der Waals surface area contributed by atoms with Gasteiger partial charge in [0.25, 0.3) is 5.82 Å². The van der Waals surface area contributed by atoms with E-state index in [0.717, 1.165) is 0 Å². The zero-order chi connectivity index (χ0) is 17.0. The van der Waals surface area contributed by atoms with Gasteiger partial charge >= 0.3 is 6.36 Å². The summed E-state index contributed by atoms with van der Waals surface area (Å²) in [6.45, 7) is 0. The van der Waals surface area contributed by atoms with E-state index in [2.05, 4.69) is 21.1 Å². The quantitative estimate of drug-likeness (QED) is 0.939. The van der Waals surface area contributed by atoms with E-state index in [1.807, 2.05) is 14.1 Å². The van der Waals surface area contributed by atoms with Crippen molar-refractivity contribution in [1.29, 1.82) is 5.26 Å². The molecule has 0 unspecified atom stereocenters. The Morgan fingerprint density at radius 2 is 1.83 bits per heavy atom. The minimum atomic E-state index is -4.73. The number of hydrogen-bond acceptors (Lipinski definition) is 4. The summed E-state index contributed by atoms with van der Waals surface area (Å²) in [4.78, 5) is 4.70. The molecule has 0 fully saturated rings. The number of hydrogen-bond donors (Lipinski definition) is 1. The molecule has 1 aromatic carbocycles. The third-order valence-electron chi connectivity index (χ3n) is 2.93. The second-order valence-electron chi connectivity index (χ2n) is 4.82. The highest BCUT2D eigenvalue weighted by Gasteiger charge is 2.31. The number of nitriles is 1.